The maximum absolute atomic E-state index is 12.1. The molecule has 2 N–H and O–H groups in total. The van der Waals surface area contributed by atoms with Crippen LogP contribution in [0, 0.1) is 29.6 Å². The summed E-state index contributed by atoms with van der Waals surface area (Å²) in [6, 6.07) is 0. The van der Waals surface area contributed by atoms with E-state index in [2.05, 4.69) is 6.92 Å². The molecule has 0 aromatic rings. The van der Waals surface area contributed by atoms with Gasteiger partial charge in [-0.25, -0.2) is 4.79 Å². The number of rotatable bonds is 7. The number of esters is 1. The van der Waals surface area contributed by atoms with Crippen molar-refractivity contribution in [3.05, 3.63) is 11.3 Å². The van der Waals surface area contributed by atoms with Crippen LogP contribution in [0.4, 0.5) is 0 Å². The predicted molar refractivity (Wildman–Crippen MR) is 127 cm³/mol. The topological polar surface area (TPSA) is 83.8 Å². The van der Waals surface area contributed by atoms with Gasteiger partial charge in [0.05, 0.1) is 12.2 Å². The Morgan fingerprint density at radius 3 is 1.81 bits per heavy atom. The van der Waals surface area contributed by atoms with Crippen LogP contribution < -0.4 is 0 Å². The zero-order chi connectivity index (χ0) is 23.5. The third kappa shape index (κ3) is 8.44. The number of allylic oxidation sites excluding steroid dienone is 1. The van der Waals surface area contributed by atoms with Crippen molar-refractivity contribution in [1.29, 1.82) is 0 Å². The lowest BCUT2D eigenvalue weighted by atomic mass is 9.65. The van der Waals surface area contributed by atoms with Gasteiger partial charge in [0, 0.05) is 13.3 Å². The Kier molecular flexibility index (Phi) is 11.6. The quantitative estimate of drug-likeness (QED) is 0.406. The molecule has 5 heteroatoms. The van der Waals surface area contributed by atoms with Crippen molar-refractivity contribution in [2.24, 2.45) is 29.6 Å². The Balaban J connectivity index is 0.000000837. The molecule has 1 unspecified atom stereocenters. The van der Waals surface area contributed by atoms with Gasteiger partial charge in [-0.15, -0.1) is 0 Å². The van der Waals surface area contributed by atoms with Crippen molar-refractivity contribution in [2.75, 3.05) is 6.61 Å². The Morgan fingerprint density at radius 1 is 0.844 bits per heavy atom. The Hall–Kier alpha value is -1.52. The van der Waals surface area contributed by atoms with E-state index in [4.69, 9.17) is 14.6 Å². The zero-order valence-corrected chi connectivity index (χ0v) is 20.6. The summed E-state index contributed by atoms with van der Waals surface area (Å²) in [5.41, 5.74) is 0.544. The highest BCUT2D eigenvalue weighted by molar-refractivity contribution is 5.89. The fraction of sp³-hybridized carbons (Fsp3) is 0.852. The molecule has 0 radical (unpaired) electrons. The number of carbonyl (C=O) groups is 2. The second kappa shape index (κ2) is 13.9. The number of carboxylic acids is 1. The molecule has 32 heavy (non-hydrogen) atoms. The molecule has 0 aromatic carbocycles. The van der Waals surface area contributed by atoms with E-state index in [0.717, 1.165) is 43.4 Å². The van der Waals surface area contributed by atoms with Crippen LogP contribution in [0.1, 0.15) is 111 Å². The number of hydrogen-bond donors (Lipinski definition) is 2. The molecule has 1 atom stereocenters. The first-order chi connectivity index (χ1) is 15.3. The fourth-order valence-electron chi connectivity index (χ4n) is 6.30. The average molecular weight is 451 g/mol. The molecule has 0 bridgehead atoms. The number of aliphatic hydroxyl groups excluding tert-OH is 1. The van der Waals surface area contributed by atoms with E-state index in [-0.39, 0.29) is 5.97 Å². The number of ether oxygens (including phenoxy) is 1. The Morgan fingerprint density at radius 2 is 1.34 bits per heavy atom. The normalized spacial score (nSPS) is 30.8. The number of carbonyl (C=O) groups excluding carboxylic acids is 1. The molecule has 3 aliphatic carbocycles. The van der Waals surface area contributed by atoms with Gasteiger partial charge in [-0.2, -0.15) is 0 Å². The first-order valence-electron chi connectivity index (χ1n) is 13.1. The van der Waals surface area contributed by atoms with E-state index in [1.807, 2.05) is 6.92 Å². The summed E-state index contributed by atoms with van der Waals surface area (Å²) in [6.07, 6.45) is 17.3. The van der Waals surface area contributed by atoms with Gasteiger partial charge in [0.1, 0.15) is 5.76 Å². The van der Waals surface area contributed by atoms with Crippen molar-refractivity contribution in [3.63, 3.8) is 0 Å². The van der Waals surface area contributed by atoms with Crippen LogP contribution in [0.5, 0.6) is 0 Å². The minimum atomic E-state index is -0.833. The lowest BCUT2D eigenvalue weighted by Crippen LogP contribution is -2.30. The first-order valence-corrected chi connectivity index (χ1v) is 13.1. The SMILES string of the molecule is CC(=O)O.CCCOC(=O)C1=C(O)CC([C@H]2CC[C@H]([C@H]3CC[C@H](CCC)CC3)CC2)CC1. The summed E-state index contributed by atoms with van der Waals surface area (Å²) >= 11 is 0. The van der Waals surface area contributed by atoms with Crippen LogP contribution in [-0.2, 0) is 14.3 Å². The van der Waals surface area contributed by atoms with E-state index >= 15 is 0 Å². The summed E-state index contributed by atoms with van der Waals surface area (Å²) in [6.45, 7) is 5.84. The summed E-state index contributed by atoms with van der Waals surface area (Å²) in [5.74, 6) is 3.42. The molecule has 3 aliphatic rings. The van der Waals surface area contributed by atoms with Crippen molar-refractivity contribution >= 4 is 11.9 Å². The van der Waals surface area contributed by atoms with E-state index < -0.39 is 5.97 Å². The lowest BCUT2D eigenvalue weighted by Gasteiger charge is -2.40. The molecular weight excluding hydrogens is 404 g/mol. The summed E-state index contributed by atoms with van der Waals surface area (Å²) in [7, 11) is 0. The van der Waals surface area contributed by atoms with Gasteiger partial charge in [0.2, 0.25) is 0 Å². The van der Waals surface area contributed by atoms with Gasteiger partial charge >= 0.3 is 5.97 Å². The van der Waals surface area contributed by atoms with Crippen LogP contribution in [0.25, 0.3) is 0 Å². The fourth-order valence-corrected chi connectivity index (χ4v) is 6.30. The molecule has 2 fully saturated rings. The smallest absolute Gasteiger partial charge is 0.337 e. The standard InChI is InChI=1S/C25H42O3.C2H4O2/c1-3-5-18-6-8-19(9-7-18)20-10-12-21(13-11-20)22-14-15-23(24(26)17-22)25(27)28-16-4-2;1-2(3)4/h18-22,26H,3-17H2,1-2H3;1H3,(H,3,4)/t18-,19-,20-,21-,22?;. The third-order valence-corrected chi connectivity index (χ3v) is 7.99. The Bertz CT molecular complexity index is 606. The van der Waals surface area contributed by atoms with Crippen molar-refractivity contribution in [3.8, 4) is 0 Å². The Labute approximate surface area is 195 Å². The minimum Gasteiger partial charge on any atom is -0.512 e. The van der Waals surface area contributed by atoms with Gasteiger partial charge in [0.15, 0.2) is 0 Å². The summed E-state index contributed by atoms with van der Waals surface area (Å²) < 4.78 is 5.23. The lowest BCUT2D eigenvalue weighted by molar-refractivity contribution is -0.139. The number of aliphatic carboxylic acids is 1. The molecule has 2 saturated carbocycles. The molecular formula is C27H46O5. The number of carboxylic acid groups (broad SMARTS) is 1. The molecule has 3 rings (SSSR count). The molecule has 0 aliphatic heterocycles. The first kappa shape index (κ1) is 26.7. The second-order valence-electron chi connectivity index (χ2n) is 10.3. The van der Waals surface area contributed by atoms with Crippen LogP contribution >= 0.6 is 0 Å². The van der Waals surface area contributed by atoms with Crippen LogP contribution in [0.2, 0.25) is 0 Å². The molecule has 0 heterocycles. The maximum Gasteiger partial charge on any atom is 0.337 e. The highest BCUT2D eigenvalue weighted by Gasteiger charge is 2.35. The predicted octanol–water partition coefficient (Wildman–Crippen LogP) is 7.06. The minimum absolute atomic E-state index is 0.291. The monoisotopic (exact) mass is 450 g/mol. The van der Waals surface area contributed by atoms with Crippen molar-refractivity contribution in [1.82, 2.24) is 0 Å². The highest BCUT2D eigenvalue weighted by Crippen LogP contribution is 2.46. The third-order valence-electron chi connectivity index (χ3n) is 7.99. The van der Waals surface area contributed by atoms with E-state index in [9.17, 15) is 9.90 Å². The van der Waals surface area contributed by atoms with Gasteiger partial charge in [0.25, 0.3) is 5.97 Å². The molecule has 5 nitrogen and oxygen atoms in total. The molecule has 0 amide bonds. The van der Waals surface area contributed by atoms with E-state index in [1.165, 1.54) is 64.2 Å². The number of hydrogen-bond acceptors (Lipinski definition) is 4. The highest BCUT2D eigenvalue weighted by atomic mass is 16.5. The van der Waals surface area contributed by atoms with Crippen molar-refractivity contribution in [2.45, 2.75) is 111 Å². The molecule has 0 aromatic heterocycles. The second-order valence-corrected chi connectivity index (χ2v) is 10.3. The van der Waals surface area contributed by atoms with E-state index in [0.29, 0.717) is 36.7 Å². The molecule has 0 spiro atoms. The summed E-state index contributed by atoms with van der Waals surface area (Å²) in [4.78, 5) is 21.1. The van der Waals surface area contributed by atoms with Gasteiger partial charge < -0.3 is 14.9 Å². The number of aliphatic hydroxyl groups is 1. The van der Waals surface area contributed by atoms with Crippen LogP contribution in [0.15, 0.2) is 11.3 Å². The van der Waals surface area contributed by atoms with Crippen LogP contribution in [0.3, 0.4) is 0 Å². The maximum atomic E-state index is 12.1. The van der Waals surface area contributed by atoms with E-state index in [1.54, 1.807) is 0 Å². The molecule has 0 saturated heterocycles. The van der Waals surface area contributed by atoms with Crippen molar-refractivity contribution < 1.29 is 24.5 Å². The van der Waals surface area contributed by atoms with Crippen LogP contribution in [-0.4, -0.2) is 28.8 Å². The largest absolute Gasteiger partial charge is 0.512 e. The zero-order valence-electron chi connectivity index (χ0n) is 20.6. The summed E-state index contributed by atoms with van der Waals surface area (Å²) in [5, 5.41) is 17.9. The van der Waals surface area contributed by atoms with Gasteiger partial charge in [-0.1, -0.05) is 39.5 Å². The van der Waals surface area contributed by atoms with Gasteiger partial charge in [-0.3, -0.25) is 4.79 Å². The van der Waals surface area contributed by atoms with Gasteiger partial charge in [-0.05, 0) is 87.4 Å². The average Bonchev–Trinajstić information content (AvgIpc) is 2.78. The molecule has 184 valence electrons.